The van der Waals surface area contributed by atoms with Crippen molar-refractivity contribution in [3.8, 4) is 0 Å². The molecule has 0 aliphatic rings. The van der Waals surface area contributed by atoms with Crippen LogP contribution in [0.25, 0.3) is 0 Å². The molecule has 0 saturated carbocycles. The van der Waals surface area contributed by atoms with Crippen LogP contribution in [0.3, 0.4) is 0 Å². The van der Waals surface area contributed by atoms with Crippen LogP contribution in [-0.2, 0) is 16.1 Å². The van der Waals surface area contributed by atoms with E-state index in [-0.39, 0.29) is 11.7 Å². The number of rotatable bonds is 5. The summed E-state index contributed by atoms with van der Waals surface area (Å²) in [6, 6.07) is 5.00. The number of ether oxygens (including phenoxy) is 1. The SMILES string of the molecule is COC(=O)C(C)(C)NCc1ccc(C)c([N+](=O)[O-])c1. The van der Waals surface area contributed by atoms with Crippen molar-refractivity contribution >= 4 is 11.7 Å². The molecule has 0 fully saturated rings. The largest absolute Gasteiger partial charge is 0.468 e. The van der Waals surface area contributed by atoms with Gasteiger partial charge in [0.05, 0.1) is 12.0 Å². The summed E-state index contributed by atoms with van der Waals surface area (Å²) in [5.74, 6) is -0.380. The number of nitro groups is 1. The predicted molar refractivity (Wildman–Crippen MR) is 70.8 cm³/mol. The van der Waals surface area contributed by atoms with E-state index in [0.29, 0.717) is 12.1 Å². The Morgan fingerprint density at radius 1 is 1.47 bits per heavy atom. The van der Waals surface area contributed by atoms with Gasteiger partial charge in [-0.3, -0.25) is 20.2 Å². The zero-order chi connectivity index (χ0) is 14.6. The minimum Gasteiger partial charge on any atom is -0.468 e. The van der Waals surface area contributed by atoms with Gasteiger partial charge < -0.3 is 4.74 Å². The van der Waals surface area contributed by atoms with E-state index < -0.39 is 10.5 Å². The zero-order valence-electron chi connectivity index (χ0n) is 11.5. The normalized spacial score (nSPS) is 11.2. The molecule has 1 N–H and O–H groups in total. The summed E-state index contributed by atoms with van der Waals surface area (Å²) in [6.45, 7) is 5.43. The average molecular weight is 266 g/mol. The van der Waals surface area contributed by atoms with E-state index in [4.69, 9.17) is 0 Å². The smallest absolute Gasteiger partial charge is 0.325 e. The molecule has 0 aliphatic heterocycles. The van der Waals surface area contributed by atoms with Gasteiger partial charge in [-0.2, -0.15) is 0 Å². The first-order chi connectivity index (χ1) is 8.77. The van der Waals surface area contributed by atoms with Crippen LogP contribution in [0.4, 0.5) is 5.69 Å². The number of carbonyl (C=O) groups excluding carboxylic acids is 1. The molecule has 0 bridgehead atoms. The Morgan fingerprint density at radius 2 is 2.11 bits per heavy atom. The van der Waals surface area contributed by atoms with Crippen LogP contribution in [-0.4, -0.2) is 23.5 Å². The number of nitrogens with zero attached hydrogens (tertiary/aromatic N) is 1. The van der Waals surface area contributed by atoms with Gasteiger partial charge >= 0.3 is 5.97 Å². The molecule has 0 amide bonds. The van der Waals surface area contributed by atoms with Crippen molar-refractivity contribution in [3.05, 3.63) is 39.4 Å². The Morgan fingerprint density at radius 3 is 2.63 bits per heavy atom. The fourth-order valence-corrected chi connectivity index (χ4v) is 1.61. The van der Waals surface area contributed by atoms with Crippen molar-refractivity contribution in [2.45, 2.75) is 32.9 Å². The summed E-state index contributed by atoms with van der Waals surface area (Å²) in [6.07, 6.45) is 0. The number of hydrogen-bond donors (Lipinski definition) is 1. The maximum atomic E-state index is 11.5. The fraction of sp³-hybridized carbons (Fsp3) is 0.462. The first-order valence-corrected chi connectivity index (χ1v) is 5.85. The third-order valence-electron chi connectivity index (χ3n) is 2.90. The summed E-state index contributed by atoms with van der Waals surface area (Å²) in [4.78, 5) is 21.9. The highest BCUT2D eigenvalue weighted by atomic mass is 16.6. The van der Waals surface area contributed by atoms with Gasteiger partial charge in [-0.05, 0) is 26.3 Å². The summed E-state index contributed by atoms with van der Waals surface area (Å²) in [5, 5.41) is 13.9. The lowest BCUT2D eigenvalue weighted by atomic mass is 10.0. The Hall–Kier alpha value is -1.95. The van der Waals surface area contributed by atoms with E-state index in [9.17, 15) is 14.9 Å². The van der Waals surface area contributed by atoms with Crippen molar-refractivity contribution in [2.75, 3.05) is 7.11 Å². The van der Waals surface area contributed by atoms with Crippen LogP contribution in [0.1, 0.15) is 25.0 Å². The molecule has 19 heavy (non-hydrogen) atoms. The minimum atomic E-state index is -0.839. The topological polar surface area (TPSA) is 81.5 Å². The average Bonchev–Trinajstić information content (AvgIpc) is 2.36. The van der Waals surface area contributed by atoms with Crippen LogP contribution in [0, 0.1) is 17.0 Å². The number of aryl methyl sites for hydroxylation is 1. The van der Waals surface area contributed by atoms with E-state index in [1.165, 1.54) is 13.2 Å². The Kier molecular flexibility index (Phi) is 4.61. The molecule has 6 heteroatoms. The summed E-state index contributed by atoms with van der Waals surface area (Å²) in [5.41, 5.74) is 0.597. The Balaban J connectivity index is 2.82. The van der Waals surface area contributed by atoms with E-state index >= 15 is 0 Å². The predicted octanol–water partition coefficient (Wildman–Crippen LogP) is 1.94. The van der Waals surface area contributed by atoms with Gasteiger partial charge in [-0.15, -0.1) is 0 Å². The highest BCUT2D eigenvalue weighted by molar-refractivity contribution is 5.79. The highest BCUT2D eigenvalue weighted by Crippen LogP contribution is 2.19. The van der Waals surface area contributed by atoms with Crippen LogP contribution < -0.4 is 5.32 Å². The molecular weight excluding hydrogens is 248 g/mol. The van der Waals surface area contributed by atoms with Crippen molar-refractivity contribution in [3.63, 3.8) is 0 Å². The second-order valence-corrected chi connectivity index (χ2v) is 4.85. The second-order valence-electron chi connectivity index (χ2n) is 4.85. The third-order valence-corrected chi connectivity index (χ3v) is 2.90. The maximum Gasteiger partial charge on any atom is 0.325 e. The van der Waals surface area contributed by atoms with E-state index in [0.717, 1.165) is 5.56 Å². The molecule has 6 nitrogen and oxygen atoms in total. The molecule has 0 radical (unpaired) electrons. The minimum absolute atomic E-state index is 0.0789. The molecule has 0 unspecified atom stereocenters. The van der Waals surface area contributed by atoms with Crippen LogP contribution in [0.2, 0.25) is 0 Å². The maximum absolute atomic E-state index is 11.5. The summed E-state index contributed by atoms with van der Waals surface area (Å²) < 4.78 is 4.67. The molecule has 0 spiro atoms. The van der Waals surface area contributed by atoms with E-state index in [1.54, 1.807) is 32.9 Å². The molecule has 1 rings (SSSR count). The van der Waals surface area contributed by atoms with Gasteiger partial charge in [-0.25, -0.2) is 0 Å². The molecule has 1 aromatic carbocycles. The van der Waals surface area contributed by atoms with Crippen LogP contribution in [0.15, 0.2) is 18.2 Å². The lowest BCUT2D eigenvalue weighted by Crippen LogP contribution is -2.46. The molecule has 0 atom stereocenters. The standard InChI is InChI=1S/C13H18N2O4/c1-9-5-6-10(7-11(9)15(17)18)8-14-13(2,3)12(16)19-4/h5-7,14H,8H2,1-4H3. The third kappa shape index (κ3) is 3.75. The molecule has 0 aromatic heterocycles. The number of carbonyl (C=O) groups is 1. The number of nitrogens with one attached hydrogen (secondary N) is 1. The fourth-order valence-electron chi connectivity index (χ4n) is 1.61. The molecule has 0 aliphatic carbocycles. The lowest BCUT2D eigenvalue weighted by Gasteiger charge is -2.23. The van der Waals surface area contributed by atoms with Crippen molar-refractivity contribution in [2.24, 2.45) is 0 Å². The van der Waals surface area contributed by atoms with Gasteiger partial charge in [0, 0.05) is 18.2 Å². The van der Waals surface area contributed by atoms with Crippen molar-refractivity contribution in [1.29, 1.82) is 0 Å². The summed E-state index contributed by atoms with van der Waals surface area (Å²) >= 11 is 0. The van der Waals surface area contributed by atoms with Gasteiger partial charge in [0.1, 0.15) is 5.54 Å². The first-order valence-electron chi connectivity index (χ1n) is 5.85. The Bertz CT molecular complexity index is 497. The highest BCUT2D eigenvalue weighted by Gasteiger charge is 2.27. The zero-order valence-corrected chi connectivity index (χ0v) is 11.5. The molecule has 0 saturated heterocycles. The van der Waals surface area contributed by atoms with E-state index in [1.807, 2.05) is 0 Å². The van der Waals surface area contributed by atoms with Crippen molar-refractivity contribution < 1.29 is 14.5 Å². The van der Waals surface area contributed by atoms with Gasteiger partial charge in [-0.1, -0.05) is 12.1 Å². The number of esters is 1. The van der Waals surface area contributed by atoms with Gasteiger partial charge in [0.2, 0.25) is 0 Å². The molecule has 104 valence electrons. The summed E-state index contributed by atoms with van der Waals surface area (Å²) in [7, 11) is 1.32. The van der Waals surface area contributed by atoms with Crippen molar-refractivity contribution in [1.82, 2.24) is 5.32 Å². The number of benzene rings is 1. The second kappa shape index (κ2) is 5.79. The lowest BCUT2D eigenvalue weighted by molar-refractivity contribution is -0.385. The number of methoxy groups -OCH3 is 1. The van der Waals surface area contributed by atoms with Gasteiger partial charge in [0.25, 0.3) is 5.69 Å². The Labute approximate surface area is 111 Å². The van der Waals surface area contributed by atoms with E-state index in [2.05, 4.69) is 10.1 Å². The first kappa shape index (κ1) is 15.1. The number of hydrogen-bond acceptors (Lipinski definition) is 5. The van der Waals surface area contributed by atoms with Crippen LogP contribution >= 0.6 is 0 Å². The quantitative estimate of drug-likeness (QED) is 0.500. The van der Waals surface area contributed by atoms with Gasteiger partial charge in [0.15, 0.2) is 0 Å². The molecular formula is C13H18N2O4. The monoisotopic (exact) mass is 266 g/mol. The molecule has 0 heterocycles. The van der Waals surface area contributed by atoms with Crippen LogP contribution in [0.5, 0.6) is 0 Å². The molecule has 1 aromatic rings. The number of nitro benzene ring substituents is 1.